The molecule has 3 rings (SSSR count). The van der Waals surface area contributed by atoms with Gasteiger partial charge in [-0.2, -0.15) is 0 Å². The lowest BCUT2D eigenvalue weighted by Crippen LogP contribution is -2.46. The van der Waals surface area contributed by atoms with Gasteiger partial charge in [-0.1, -0.05) is 6.92 Å². The molecule has 0 unspecified atom stereocenters. The molecule has 1 fully saturated rings. The van der Waals surface area contributed by atoms with Crippen LogP contribution in [0.25, 0.3) is 0 Å². The van der Waals surface area contributed by atoms with E-state index in [1.807, 2.05) is 42.7 Å². The number of carbonyl (C=O) groups is 2. The van der Waals surface area contributed by atoms with Crippen LogP contribution in [0.15, 0.2) is 53.4 Å². The molecule has 1 aliphatic rings. The van der Waals surface area contributed by atoms with Crippen molar-refractivity contribution in [3.63, 3.8) is 0 Å². The summed E-state index contributed by atoms with van der Waals surface area (Å²) >= 11 is 1.60. The van der Waals surface area contributed by atoms with Crippen LogP contribution in [0.2, 0.25) is 0 Å². The molecule has 7 heteroatoms. The maximum Gasteiger partial charge on any atom is 0.338 e. The molecule has 1 N–H and O–H groups in total. The zero-order chi connectivity index (χ0) is 20.6. The summed E-state index contributed by atoms with van der Waals surface area (Å²) in [6.45, 7) is 7.11. The zero-order valence-corrected chi connectivity index (χ0v) is 17.7. The summed E-state index contributed by atoms with van der Waals surface area (Å²) < 4.78 is 5.10. The maximum atomic E-state index is 12.1. The van der Waals surface area contributed by atoms with Gasteiger partial charge in [0.25, 0.3) is 5.91 Å². The molecule has 0 saturated carbocycles. The van der Waals surface area contributed by atoms with E-state index in [-0.39, 0.29) is 12.5 Å². The standard InChI is InChI=1S/C22H27N3O3S/c1-3-24-12-14-25(15-13-24)19-8-6-18(7-9-19)23-21(26)16-28-22(27)17-4-10-20(29-2)11-5-17/h4-11H,3,12-16H2,1-2H3,(H,23,26). The van der Waals surface area contributed by atoms with E-state index >= 15 is 0 Å². The van der Waals surface area contributed by atoms with Gasteiger partial charge in [0.1, 0.15) is 0 Å². The second kappa shape index (κ2) is 10.3. The molecule has 0 spiro atoms. The number of hydrogen-bond donors (Lipinski definition) is 1. The number of carbonyl (C=O) groups excluding carboxylic acids is 2. The van der Waals surface area contributed by atoms with Crippen molar-refractivity contribution in [1.29, 1.82) is 0 Å². The van der Waals surface area contributed by atoms with Gasteiger partial charge in [0.15, 0.2) is 6.61 Å². The molecule has 1 aliphatic heterocycles. The molecule has 154 valence electrons. The van der Waals surface area contributed by atoms with Gasteiger partial charge in [0, 0.05) is 42.4 Å². The lowest BCUT2D eigenvalue weighted by Gasteiger charge is -2.35. The SMILES string of the molecule is CCN1CCN(c2ccc(NC(=O)COC(=O)c3ccc(SC)cc3)cc2)CC1. The highest BCUT2D eigenvalue weighted by Gasteiger charge is 2.16. The minimum absolute atomic E-state index is 0.316. The Kier molecular flexibility index (Phi) is 7.55. The number of piperazine rings is 1. The summed E-state index contributed by atoms with van der Waals surface area (Å²) in [6, 6.07) is 14.9. The molecule has 29 heavy (non-hydrogen) atoms. The van der Waals surface area contributed by atoms with E-state index in [0.717, 1.165) is 43.3 Å². The van der Waals surface area contributed by atoms with Crippen molar-refractivity contribution in [1.82, 2.24) is 4.90 Å². The van der Waals surface area contributed by atoms with Crippen molar-refractivity contribution >= 4 is 35.0 Å². The number of hydrogen-bond acceptors (Lipinski definition) is 6. The fourth-order valence-electron chi connectivity index (χ4n) is 3.22. The highest BCUT2D eigenvalue weighted by molar-refractivity contribution is 7.98. The normalized spacial score (nSPS) is 14.5. The summed E-state index contributed by atoms with van der Waals surface area (Å²) in [5.74, 6) is -0.863. The molecule has 0 aliphatic carbocycles. The second-order valence-corrected chi connectivity index (χ2v) is 7.70. The zero-order valence-electron chi connectivity index (χ0n) is 16.9. The lowest BCUT2D eigenvalue weighted by atomic mass is 10.2. The van der Waals surface area contributed by atoms with Gasteiger partial charge in [-0.05, 0) is 61.3 Å². The Morgan fingerprint density at radius 1 is 1.00 bits per heavy atom. The molecular formula is C22H27N3O3S. The number of nitrogens with zero attached hydrogens (tertiary/aromatic N) is 2. The van der Waals surface area contributed by atoms with E-state index in [2.05, 4.69) is 22.0 Å². The van der Waals surface area contributed by atoms with Gasteiger partial charge in [0.05, 0.1) is 5.56 Å². The van der Waals surface area contributed by atoms with Crippen LogP contribution >= 0.6 is 11.8 Å². The number of benzene rings is 2. The molecule has 2 aromatic rings. The largest absolute Gasteiger partial charge is 0.452 e. The Morgan fingerprint density at radius 3 is 2.24 bits per heavy atom. The molecule has 0 bridgehead atoms. The van der Waals surface area contributed by atoms with Crippen LogP contribution in [0.4, 0.5) is 11.4 Å². The molecule has 2 aromatic carbocycles. The van der Waals surface area contributed by atoms with Gasteiger partial charge >= 0.3 is 5.97 Å². The fraction of sp³-hybridized carbons (Fsp3) is 0.364. The van der Waals surface area contributed by atoms with E-state index in [9.17, 15) is 9.59 Å². The monoisotopic (exact) mass is 413 g/mol. The first kappa shape index (κ1) is 21.2. The van der Waals surface area contributed by atoms with Crippen LogP contribution in [0, 0.1) is 0 Å². The third-order valence-corrected chi connectivity index (χ3v) is 5.74. The van der Waals surface area contributed by atoms with Crippen LogP contribution in [-0.2, 0) is 9.53 Å². The second-order valence-electron chi connectivity index (χ2n) is 6.82. The van der Waals surface area contributed by atoms with Crippen molar-refractivity contribution in [3.8, 4) is 0 Å². The van der Waals surface area contributed by atoms with Crippen molar-refractivity contribution in [2.75, 3.05) is 55.8 Å². The molecule has 1 heterocycles. The molecule has 6 nitrogen and oxygen atoms in total. The third-order valence-electron chi connectivity index (χ3n) is 5.00. The number of nitrogens with one attached hydrogen (secondary N) is 1. The molecule has 1 saturated heterocycles. The van der Waals surface area contributed by atoms with E-state index in [4.69, 9.17) is 4.74 Å². The number of amides is 1. The average Bonchev–Trinajstić information content (AvgIpc) is 2.78. The fourth-order valence-corrected chi connectivity index (χ4v) is 3.62. The van der Waals surface area contributed by atoms with Crippen LogP contribution in [-0.4, -0.2) is 62.4 Å². The number of likely N-dealkylation sites (N-methyl/N-ethyl adjacent to an activating group) is 1. The first-order valence-corrected chi connectivity index (χ1v) is 11.0. The lowest BCUT2D eigenvalue weighted by molar-refractivity contribution is -0.119. The maximum absolute atomic E-state index is 12.1. The summed E-state index contributed by atoms with van der Waals surface area (Å²) in [6.07, 6.45) is 1.97. The first-order valence-electron chi connectivity index (χ1n) is 9.77. The predicted molar refractivity (Wildman–Crippen MR) is 118 cm³/mol. The Labute approximate surface area is 176 Å². The summed E-state index contributed by atoms with van der Waals surface area (Å²) in [5.41, 5.74) is 2.27. The van der Waals surface area contributed by atoms with Gasteiger partial charge in [0.2, 0.25) is 0 Å². The topological polar surface area (TPSA) is 61.9 Å². The summed E-state index contributed by atoms with van der Waals surface area (Å²) in [5, 5.41) is 2.77. The number of ether oxygens (including phenoxy) is 1. The highest BCUT2D eigenvalue weighted by atomic mass is 32.2. The molecule has 0 radical (unpaired) electrons. The van der Waals surface area contributed by atoms with Crippen LogP contribution in [0.3, 0.4) is 0 Å². The van der Waals surface area contributed by atoms with Crippen molar-refractivity contribution in [3.05, 3.63) is 54.1 Å². The number of esters is 1. The van der Waals surface area contributed by atoms with E-state index < -0.39 is 5.97 Å². The van der Waals surface area contributed by atoms with Crippen molar-refractivity contribution in [2.24, 2.45) is 0 Å². The van der Waals surface area contributed by atoms with E-state index in [0.29, 0.717) is 11.3 Å². The minimum Gasteiger partial charge on any atom is -0.452 e. The van der Waals surface area contributed by atoms with Crippen LogP contribution < -0.4 is 10.2 Å². The van der Waals surface area contributed by atoms with Gasteiger partial charge in [-0.25, -0.2) is 4.79 Å². The number of anilines is 2. The summed E-state index contributed by atoms with van der Waals surface area (Å²) in [4.78, 5) is 30.0. The molecule has 0 atom stereocenters. The van der Waals surface area contributed by atoms with Gasteiger partial charge in [-0.3, -0.25) is 4.79 Å². The average molecular weight is 414 g/mol. The van der Waals surface area contributed by atoms with Crippen LogP contribution in [0.5, 0.6) is 0 Å². The van der Waals surface area contributed by atoms with Crippen LogP contribution in [0.1, 0.15) is 17.3 Å². The quantitative estimate of drug-likeness (QED) is 0.555. The van der Waals surface area contributed by atoms with E-state index in [1.165, 1.54) is 0 Å². The minimum atomic E-state index is -0.505. The van der Waals surface area contributed by atoms with E-state index in [1.54, 1.807) is 23.9 Å². The Hall–Kier alpha value is -2.51. The Morgan fingerprint density at radius 2 is 1.66 bits per heavy atom. The molecule has 1 amide bonds. The number of thioether (sulfide) groups is 1. The highest BCUT2D eigenvalue weighted by Crippen LogP contribution is 2.20. The van der Waals surface area contributed by atoms with Crippen molar-refractivity contribution in [2.45, 2.75) is 11.8 Å². The predicted octanol–water partition coefficient (Wildman–Crippen LogP) is 3.35. The van der Waals surface area contributed by atoms with Gasteiger partial charge < -0.3 is 19.9 Å². The Bertz CT molecular complexity index is 816. The molecule has 0 aromatic heterocycles. The first-order chi connectivity index (χ1) is 14.1. The number of rotatable bonds is 7. The summed E-state index contributed by atoms with van der Waals surface area (Å²) in [7, 11) is 0. The Balaban J connectivity index is 1.46. The molecular weight excluding hydrogens is 386 g/mol. The van der Waals surface area contributed by atoms with Gasteiger partial charge in [-0.15, -0.1) is 11.8 Å². The smallest absolute Gasteiger partial charge is 0.338 e. The third kappa shape index (κ3) is 5.98. The van der Waals surface area contributed by atoms with Crippen molar-refractivity contribution < 1.29 is 14.3 Å².